The minimum atomic E-state index is -0.876. The fourth-order valence-electron chi connectivity index (χ4n) is 3.08. The number of fused-ring (bicyclic) bond motifs is 1. The third-order valence-electron chi connectivity index (χ3n) is 4.75. The van der Waals surface area contributed by atoms with E-state index in [0.29, 0.717) is 18.5 Å². The maximum Gasteiger partial charge on any atom is 0.345 e. The molecule has 0 saturated heterocycles. The molecule has 0 radical (unpaired) electrons. The number of nitrogens with one attached hydrogen (secondary N) is 2. The second-order valence-corrected chi connectivity index (χ2v) is 8.99. The highest BCUT2D eigenvalue weighted by molar-refractivity contribution is 8.01. The van der Waals surface area contributed by atoms with Crippen LogP contribution in [0.5, 0.6) is 0 Å². The number of thioether (sulfide) groups is 1. The van der Waals surface area contributed by atoms with Crippen LogP contribution in [0.4, 0.5) is 5.69 Å². The van der Waals surface area contributed by atoms with Crippen LogP contribution in [0.1, 0.15) is 26.6 Å². The normalized spacial score (nSPS) is 11.6. The zero-order valence-corrected chi connectivity index (χ0v) is 17.7. The second-order valence-electron chi connectivity index (χ2n) is 7.30. The van der Waals surface area contributed by atoms with Crippen LogP contribution in [0.3, 0.4) is 0 Å². The van der Waals surface area contributed by atoms with E-state index < -0.39 is 10.7 Å². The van der Waals surface area contributed by atoms with Gasteiger partial charge < -0.3 is 10.4 Å². The van der Waals surface area contributed by atoms with Gasteiger partial charge in [-0.3, -0.25) is 4.79 Å². The predicted octanol–water partition coefficient (Wildman–Crippen LogP) is 3.45. The van der Waals surface area contributed by atoms with Crippen LogP contribution in [0, 0.1) is 0 Å². The van der Waals surface area contributed by atoms with Gasteiger partial charge in [-0.15, -0.1) is 11.8 Å². The summed E-state index contributed by atoms with van der Waals surface area (Å²) in [4.78, 5) is 28.4. The number of aromatic amines is 1. The average Bonchev–Trinajstić information content (AvgIpc) is 2.70. The molecule has 1 aromatic heterocycles. The number of nitrogens with zero attached hydrogens (tertiary/aromatic N) is 1. The molecule has 0 aliphatic carbocycles. The zero-order valence-electron chi connectivity index (χ0n) is 16.9. The number of carboxylic acid groups (broad SMARTS) is 1. The van der Waals surface area contributed by atoms with E-state index in [-0.39, 0.29) is 5.56 Å². The number of para-hydroxylation sites is 1. The van der Waals surface area contributed by atoms with Crippen molar-refractivity contribution in [3.8, 4) is 0 Å². The Kier molecular flexibility index (Phi) is 6.27. The summed E-state index contributed by atoms with van der Waals surface area (Å²) >= 11 is 1.31. The highest BCUT2D eigenvalue weighted by Gasteiger charge is 2.28. The van der Waals surface area contributed by atoms with Crippen LogP contribution in [-0.4, -0.2) is 26.9 Å². The summed E-state index contributed by atoms with van der Waals surface area (Å²) in [5.74, 6) is 0.0622. The van der Waals surface area contributed by atoms with Crippen molar-refractivity contribution in [2.75, 3.05) is 11.9 Å². The van der Waals surface area contributed by atoms with Gasteiger partial charge in [-0.2, -0.15) is 4.57 Å². The van der Waals surface area contributed by atoms with E-state index in [0.717, 1.165) is 28.3 Å². The lowest BCUT2D eigenvalue weighted by Crippen LogP contribution is -2.34. The second kappa shape index (κ2) is 8.69. The van der Waals surface area contributed by atoms with Gasteiger partial charge in [0.15, 0.2) is 0 Å². The smallest absolute Gasteiger partial charge is 0.345 e. The maximum atomic E-state index is 12.8. The molecule has 0 bridgehead atoms. The molecule has 0 fully saturated rings. The molecule has 0 atom stereocenters. The first-order valence-electron chi connectivity index (χ1n) is 9.62. The summed E-state index contributed by atoms with van der Waals surface area (Å²) in [6.45, 7) is 6.56. The summed E-state index contributed by atoms with van der Waals surface area (Å²) in [5.41, 5.74) is 1.80. The molecular formula is C22H26N3O3S+. The molecule has 7 heteroatoms. The summed E-state index contributed by atoms with van der Waals surface area (Å²) in [5, 5.41) is 13.3. The van der Waals surface area contributed by atoms with E-state index >= 15 is 0 Å². The highest BCUT2D eigenvalue weighted by atomic mass is 32.2. The van der Waals surface area contributed by atoms with Crippen LogP contribution in [0.15, 0.2) is 58.2 Å². The molecule has 3 N–H and O–H groups in total. The molecule has 2 aromatic carbocycles. The molecule has 3 rings (SSSR count). The molecule has 0 unspecified atom stereocenters. The summed E-state index contributed by atoms with van der Waals surface area (Å²) in [6, 6.07) is 15.2. The van der Waals surface area contributed by atoms with Gasteiger partial charge in [0.1, 0.15) is 22.2 Å². The van der Waals surface area contributed by atoms with Crippen molar-refractivity contribution in [3.63, 3.8) is 0 Å². The number of carboxylic acids is 1. The Hall–Kier alpha value is -2.80. The number of benzene rings is 2. The Morgan fingerprint density at radius 3 is 2.52 bits per heavy atom. The standard InChI is InChI=1S/C22H25N3O3S/c1-4-19-24-18-8-6-5-7-17(18)20(26)25(19)14-13-23-15-9-11-16(12-10-15)29-22(2,3)21(27)28/h5-12,23H,4,13-14H2,1-3H3,(H,27,28)/p+1. The van der Waals surface area contributed by atoms with Crippen molar-refractivity contribution in [2.45, 2.75) is 43.4 Å². The van der Waals surface area contributed by atoms with Gasteiger partial charge in [-0.1, -0.05) is 19.1 Å². The Labute approximate surface area is 174 Å². The minimum Gasteiger partial charge on any atom is -0.480 e. The molecule has 0 spiro atoms. The average molecular weight is 413 g/mol. The SMILES string of the molecule is CCc1[nH+]c2ccccc2c(=O)n1CCNc1ccc(SC(C)(C)C(=O)O)cc1. The van der Waals surface area contributed by atoms with Crippen LogP contribution in [0.2, 0.25) is 0 Å². The van der Waals surface area contributed by atoms with Crippen LogP contribution < -0.4 is 15.9 Å². The van der Waals surface area contributed by atoms with Gasteiger partial charge in [0.2, 0.25) is 0 Å². The van der Waals surface area contributed by atoms with E-state index in [1.54, 1.807) is 18.4 Å². The lowest BCUT2D eigenvalue weighted by Gasteiger charge is -2.18. The van der Waals surface area contributed by atoms with E-state index in [2.05, 4.69) is 10.3 Å². The predicted molar refractivity (Wildman–Crippen MR) is 117 cm³/mol. The molecule has 152 valence electrons. The number of rotatable bonds is 8. The Morgan fingerprint density at radius 1 is 1.17 bits per heavy atom. The Morgan fingerprint density at radius 2 is 1.86 bits per heavy atom. The topological polar surface area (TPSA) is 85.5 Å². The third kappa shape index (κ3) is 4.79. The van der Waals surface area contributed by atoms with Crippen molar-refractivity contribution < 1.29 is 14.9 Å². The highest BCUT2D eigenvalue weighted by Crippen LogP contribution is 2.33. The number of hydrogen-bond donors (Lipinski definition) is 2. The molecule has 1 heterocycles. The maximum absolute atomic E-state index is 12.8. The van der Waals surface area contributed by atoms with E-state index in [1.165, 1.54) is 11.8 Å². The number of aryl methyl sites for hydroxylation is 1. The quantitative estimate of drug-likeness (QED) is 0.554. The van der Waals surface area contributed by atoms with Crippen molar-refractivity contribution in [1.82, 2.24) is 4.57 Å². The number of aromatic nitrogens is 2. The van der Waals surface area contributed by atoms with Gasteiger partial charge in [-0.05, 0) is 50.2 Å². The zero-order chi connectivity index (χ0) is 21.0. The van der Waals surface area contributed by atoms with Crippen molar-refractivity contribution in [2.24, 2.45) is 0 Å². The van der Waals surface area contributed by atoms with E-state index in [9.17, 15) is 14.7 Å². The Bertz CT molecular complexity index is 1070. The largest absolute Gasteiger partial charge is 0.480 e. The van der Waals surface area contributed by atoms with Gasteiger partial charge >= 0.3 is 11.5 Å². The van der Waals surface area contributed by atoms with Gasteiger partial charge in [0.25, 0.3) is 5.82 Å². The molecule has 0 saturated carbocycles. The van der Waals surface area contributed by atoms with Crippen molar-refractivity contribution >= 4 is 34.3 Å². The summed E-state index contributed by atoms with van der Waals surface area (Å²) in [7, 11) is 0. The number of aliphatic carboxylic acids is 1. The van der Waals surface area contributed by atoms with Crippen LogP contribution in [-0.2, 0) is 17.8 Å². The van der Waals surface area contributed by atoms with E-state index in [1.807, 2.05) is 55.5 Å². The van der Waals surface area contributed by atoms with Crippen molar-refractivity contribution in [1.29, 1.82) is 0 Å². The molecule has 29 heavy (non-hydrogen) atoms. The lowest BCUT2D eigenvalue weighted by molar-refractivity contribution is -0.366. The summed E-state index contributed by atoms with van der Waals surface area (Å²) in [6.07, 6.45) is 0.741. The first-order valence-corrected chi connectivity index (χ1v) is 10.4. The van der Waals surface area contributed by atoms with Gasteiger partial charge in [0, 0.05) is 17.0 Å². The molecular weight excluding hydrogens is 386 g/mol. The number of carbonyl (C=O) groups is 1. The molecule has 0 aliphatic rings. The number of anilines is 1. The monoisotopic (exact) mass is 412 g/mol. The number of H-pyrrole nitrogens is 1. The first kappa shape index (κ1) is 20.9. The molecule has 3 aromatic rings. The van der Waals surface area contributed by atoms with Gasteiger partial charge in [0.05, 0.1) is 6.54 Å². The third-order valence-corrected chi connectivity index (χ3v) is 5.94. The lowest BCUT2D eigenvalue weighted by atomic mass is 10.2. The van der Waals surface area contributed by atoms with Crippen molar-refractivity contribution in [3.05, 3.63) is 64.7 Å². The van der Waals surface area contributed by atoms with Crippen LogP contribution in [0.25, 0.3) is 10.9 Å². The molecule has 6 nitrogen and oxygen atoms in total. The van der Waals surface area contributed by atoms with Gasteiger partial charge in [-0.25, -0.2) is 9.78 Å². The summed E-state index contributed by atoms with van der Waals surface area (Å²) < 4.78 is 0.911. The first-order chi connectivity index (χ1) is 13.8. The minimum absolute atomic E-state index is 0.0145. The molecule has 0 amide bonds. The fraction of sp³-hybridized carbons (Fsp3) is 0.318. The van der Waals surface area contributed by atoms with Crippen LogP contribution >= 0.6 is 11.8 Å². The Balaban J connectivity index is 1.68. The van der Waals surface area contributed by atoms with E-state index in [4.69, 9.17) is 0 Å². The number of hydrogen-bond acceptors (Lipinski definition) is 4. The fourth-order valence-corrected chi connectivity index (χ4v) is 4.03. The molecule has 0 aliphatic heterocycles.